The molecule has 0 aromatic carbocycles. The highest BCUT2D eigenvalue weighted by atomic mass is 16.5. The van der Waals surface area contributed by atoms with Crippen LogP contribution in [0, 0.1) is 5.92 Å². The van der Waals surface area contributed by atoms with Crippen LogP contribution in [0.3, 0.4) is 0 Å². The second-order valence-electron chi connectivity index (χ2n) is 6.18. The van der Waals surface area contributed by atoms with Crippen molar-refractivity contribution in [2.24, 2.45) is 10.9 Å². The van der Waals surface area contributed by atoms with Crippen molar-refractivity contribution in [1.29, 1.82) is 0 Å². The van der Waals surface area contributed by atoms with Crippen molar-refractivity contribution in [2.45, 2.75) is 39.3 Å². The van der Waals surface area contributed by atoms with Crippen LogP contribution in [0.25, 0.3) is 0 Å². The molecule has 6 heteroatoms. The molecule has 0 amide bonds. The highest BCUT2D eigenvalue weighted by Gasteiger charge is 2.26. The minimum absolute atomic E-state index is 0.506. The molecule has 1 saturated heterocycles. The molecule has 0 radical (unpaired) electrons. The number of nitrogens with one attached hydrogen (secondary N) is 2. The van der Waals surface area contributed by atoms with Gasteiger partial charge in [0.1, 0.15) is 5.76 Å². The quantitative estimate of drug-likeness (QED) is 0.562. The number of ether oxygens (including phenoxy) is 1. The van der Waals surface area contributed by atoms with Crippen LogP contribution in [0.15, 0.2) is 27.8 Å². The van der Waals surface area contributed by atoms with E-state index in [1.807, 2.05) is 12.1 Å². The Hall–Kier alpha value is -1.53. The first kappa shape index (κ1) is 18.8. The molecule has 0 aliphatic carbocycles. The lowest BCUT2D eigenvalue weighted by Gasteiger charge is -2.39. The maximum absolute atomic E-state index is 5.52. The predicted octanol–water partition coefficient (Wildman–Crippen LogP) is 2.08. The van der Waals surface area contributed by atoms with Gasteiger partial charge in [0.15, 0.2) is 5.96 Å². The summed E-state index contributed by atoms with van der Waals surface area (Å²) in [4.78, 5) is 6.89. The van der Waals surface area contributed by atoms with E-state index in [-0.39, 0.29) is 0 Å². The van der Waals surface area contributed by atoms with Gasteiger partial charge in [0, 0.05) is 32.7 Å². The van der Waals surface area contributed by atoms with Crippen LogP contribution >= 0.6 is 0 Å². The van der Waals surface area contributed by atoms with E-state index in [1.54, 1.807) is 13.3 Å². The minimum Gasteiger partial charge on any atom is -0.467 e. The first-order valence-electron chi connectivity index (χ1n) is 9.07. The Morgan fingerprint density at radius 3 is 2.58 bits per heavy atom. The Balaban J connectivity index is 1.89. The van der Waals surface area contributed by atoms with Gasteiger partial charge in [-0.25, -0.2) is 0 Å². The lowest BCUT2D eigenvalue weighted by Crippen LogP contribution is -2.53. The zero-order valence-electron chi connectivity index (χ0n) is 15.3. The molecule has 6 nitrogen and oxygen atoms in total. The summed E-state index contributed by atoms with van der Waals surface area (Å²) in [7, 11) is 1.80. The van der Waals surface area contributed by atoms with Crippen LogP contribution in [0.4, 0.5) is 0 Å². The number of guanidine groups is 1. The molecule has 2 N–H and O–H groups in total. The summed E-state index contributed by atoms with van der Waals surface area (Å²) in [6.07, 6.45) is 4.08. The number of nitrogens with zero attached hydrogens (tertiary/aromatic N) is 2. The van der Waals surface area contributed by atoms with Gasteiger partial charge >= 0.3 is 0 Å². The van der Waals surface area contributed by atoms with Crippen LogP contribution in [0.5, 0.6) is 0 Å². The van der Waals surface area contributed by atoms with E-state index in [4.69, 9.17) is 9.15 Å². The van der Waals surface area contributed by atoms with Crippen LogP contribution in [0.1, 0.15) is 32.4 Å². The van der Waals surface area contributed by atoms with Crippen LogP contribution in [0.2, 0.25) is 0 Å². The van der Waals surface area contributed by atoms with Gasteiger partial charge in [0.25, 0.3) is 0 Å². The van der Waals surface area contributed by atoms with Crippen molar-refractivity contribution in [3.8, 4) is 0 Å². The number of hydrogen-bond acceptors (Lipinski definition) is 4. The maximum Gasteiger partial charge on any atom is 0.191 e. The molecule has 136 valence electrons. The van der Waals surface area contributed by atoms with E-state index in [0.717, 1.165) is 44.6 Å². The molecule has 2 heterocycles. The number of morpholine rings is 1. The molecule has 1 atom stereocenters. The lowest BCUT2D eigenvalue weighted by atomic mass is 9.92. The van der Waals surface area contributed by atoms with E-state index in [0.29, 0.717) is 18.5 Å². The van der Waals surface area contributed by atoms with Gasteiger partial charge in [-0.1, -0.05) is 26.7 Å². The highest BCUT2D eigenvalue weighted by Crippen LogP contribution is 2.19. The van der Waals surface area contributed by atoms with Gasteiger partial charge in [-0.05, 0) is 18.1 Å². The normalized spacial score (nSPS) is 17.9. The summed E-state index contributed by atoms with van der Waals surface area (Å²) in [5.41, 5.74) is 0. The van der Waals surface area contributed by atoms with E-state index >= 15 is 0 Å². The van der Waals surface area contributed by atoms with Gasteiger partial charge in [-0.2, -0.15) is 0 Å². The minimum atomic E-state index is 0.506. The first-order valence-corrected chi connectivity index (χ1v) is 9.07. The maximum atomic E-state index is 5.52. The second-order valence-corrected chi connectivity index (χ2v) is 6.18. The Morgan fingerprint density at radius 2 is 2.00 bits per heavy atom. The SMILES string of the molecule is CCC(CC)C(CNC(=NC)NCc1ccco1)N1CCOCC1. The number of furan rings is 1. The summed E-state index contributed by atoms with van der Waals surface area (Å²) in [6.45, 7) is 9.80. The molecule has 2 rings (SSSR count). The summed E-state index contributed by atoms with van der Waals surface area (Å²) in [5, 5.41) is 6.80. The highest BCUT2D eigenvalue weighted by molar-refractivity contribution is 5.79. The summed E-state index contributed by atoms with van der Waals surface area (Å²) in [6, 6.07) is 4.36. The molecule has 0 spiro atoms. The molecule has 1 aromatic rings. The van der Waals surface area contributed by atoms with Crippen LogP contribution in [-0.4, -0.2) is 56.8 Å². The zero-order chi connectivity index (χ0) is 17.2. The summed E-state index contributed by atoms with van der Waals surface area (Å²) < 4.78 is 10.9. The fourth-order valence-corrected chi connectivity index (χ4v) is 3.34. The summed E-state index contributed by atoms with van der Waals surface area (Å²) in [5.74, 6) is 2.40. The average molecular weight is 336 g/mol. The van der Waals surface area contributed by atoms with Gasteiger partial charge in [-0.15, -0.1) is 0 Å². The first-order chi connectivity index (χ1) is 11.8. The van der Waals surface area contributed by atoms with Crippen molar-refractivity contribution in [1.82, 2.24) is 15.5 Å². The molecule has 1 unspecified atom stereocenters. The van der Waals surface area contributed by atoms with Crippen molar-refractivity contribution < 1.29 is 9.15 Å². The lowest BCUT2D eigenvalue weighted by molar-refractivity contribution is 0.00272. The monoisotopic (exact) mass is 336 g/mol. The van der Waals surface area contributed by atoms with Gasteiger partial charge in [0.05, 0.1) is 26.0 Å². The van der Waals surface area contributed by atoms with Gasteiger partial charge in [0.2, 0.25) is 0 Å². The van der Waals surface area contributed by atoms with E-state index in [9.17, 15) is 0 Å². The third-order valence-corrected chi connectivity index (χ3v) is 4.82. The largest absolute Gasteiger partial charge is 0.467 e. The molecule has 1 aliphatic heterocycles. The third kappa shape index (κ3) is 5.53. The van der Waals surface area contributed by atoms with Crippen molar-refractivity contribution in [3.05, 3.63) is 24.2 Å². The topological polar surface area (TPSA) is 62.0 Å². The van der Waals surface area contributed by atoms with Gasteiger partial charge < -0.3 is 19.8 Å². The molecular weight excluding hydrogens is 304 g/mol. The van der Waals surface area contributed by atoms with Gasteiger partial charge in [-0.3, -0.25) is 9.89 Å². The van der Waals surface area contributed by atoms with E-state index in [1.165, 1.54) is 12.8 Å². The predicted molar refractivity (Wildman–Crippen MR) is 97.2 cm³/mol. The molecule has 0 bridgehead atoms. The van der Waals surface area contributed by atoms with Crippen LogP contribution < -0.4 is 10.6 Å². The molecule has 1 fully saturated rings. The average Bonchev–Trinajstić information content (AvgIpc) is 3.15. The number of aliphatic imine (C=N–C) groups is 1. The molecule has 0 saturated carbocycles. The van der Waals surface area contributed by atoms with Crippen molar-refractivity contribution >= 4 is 5.96 Å². The Labute approximate surface area is 145 Å². The molecule has 1 aromatic heterocycles. The molecular formula is C18H32N4O2. The van der Waals surface area contributed by atoms with E-state index in [2.05, 4.69) is 34.4 Å². The van der Waals surface area contributed by atoms with Crippen LogP contribution in [-0.2, 0) is 11.3 Å². The Kier molecular flexibility index (Phi) is 8.12. The zero-order valence-corrected chi connectivity index (χ0v) is 15.3. The van der Waals surface area contributed by atoms with Crippen molar-refractivity contribution in [3.63, 3.8) is 0 Å². The number of hydrogen-bond donors (Lipinski definition) is 2. The standard InChI is InChI=1S/C18H32N4O2/c1-4-15(5-2)17(22-8-11-23-12-9-22)14-21-18(19-3)20-13-16-7-6-10-24-16/h6-7,10,15,17H,4-5,8-9,11-14H2,1-3H3,(H2,19,20,21). The Bertz CT molecular complexity index is 465. The smallest absolute Gasteiger partial charge is 0.191 e. The Morgan fingerprint density at radius 1 is 1.25 bits per heavy atom. The van der Waals surface area contributed by atoms with E-state index < -0.39 is 0 Å². The van der Waals surface area contributed by atoms with Crippen molar-refractivity contribution in [2.75, 3.05) is 39.9 Å². The molecule has 1 aliphatic rings. The number of rotatable bonds is 8. The fourth-order valence-electron chi connectivity index (χ4n) is 3.34. The molecule has 24 heavy (non-hydrogen) atoms. The fraction of sp³-hybridized carbons (Fsp3) is 0.722. The second kappa shape index (κ2) is 10.4. The summed E-state index contributed by atoms with van der Waals surface area (Å²) >= 11 is 0. The third-order valence-electron chi connectivity index (χ3n) is 4.82.